The van der Waals surface area contributed by atoms with Crippen molar-refractivity contribution in [3.63, 3.8) is 0 Å². The third-order valence-electron chi connectivity index (χ3n) is 5.10. The maximum absolute atomic E-state index is 13.5. The van der Waals surface area contributed by atoms with E-state index < -0.39 is 15.8 Å². The summed E-state index contributed by atoms with van der Waals surface area (Å²) in [7, 11) is -3.81. The molecule has 1 aromatic heterocycles. The first kappa shape index (κ1) is 22.4. The third-order valence-corrected chi connectivity index (χ3v) is 7.88. The Hall–Kier alpha value is -2.82. The number of sulfonamides is 1. The molecule has 0 spiro atoms. The van der Waals surface area contributed by atoms with Crippen LogP contribution >= 0.6 is 11.3 Å². The molecule has 10 heteroatoms. The van der Waals surface area contributed by atoms with E-state index in [2.05, 4.69) is 4.98 Å². The number of hydrogen-bond acceptors (Lipinski definition) is 6. The number of thiazole rings is 1. The van der Waals surface area contributed by atoms with Crippen molar-refractivity contribution in [1.29, 1.82) is 0 Å². The quantitative estimate of drug-likeness (QED) is 0.545. The lowest BCUT2D eigenvalue weighted by Gasteiger charge is -2.33. The van der Waals surface area contributed by atoms with Gasteiger partial charge in [-0.2, -0.15) is 4.31 Å². The van der Waals surface area contributed by atoms with Crippen molar-refractivity contribution in [2.45, 2.75) is 11.8 Å². The van der Waals surface area contributed by atoms with Crippen LogP contribution in [0.5, 0.6) is 5.75 Å². The van der Waals surface area contributed by atoms with Crippen LogP contribution in [0, 0.1) is 5.82 Å². The number of hydrogen-bond donors (Lipinski definition) is 0. The number of halogens is 1. The van der Waals surface area contributed by atoms with Crippen LogP contribution in [0.1, 0.15) is 17.4 Å². The van der Waals surface area contributed by atoms with Crippen LogP contribution in [0.2, 0.25) is 0 Å². The van der Waals surface area contributed by atoms with Crippen LogP contribution in [0.3, 0.4) is 0 Å². The second-order valence-electron chi connectivity index (χ2n) is 7.15. The molecule has 0 bridgehead atoms. The molecule has 3 aromatic rings. The lowest BCUT2D eigenvalue weighted by molar-refractivity contribution is 0.0693. The third kappa shape index (κ3) is 4.67. The average molecular weight is 476 g/mol. The van der Waals surface area contributed by atoms with Gasteiger partial charge < -0.3 is 9.64 Å². The molecule has 4 rings (SSSR count). The maximum Gasteiger partial charge on any atom is 0.273 e. The lowest BCUT2D eigenvalue weighted by Crippen LogP contribution is -2.50. The van der Waals surface area contributed by atoms with Crippen molar-refractivity contribution < 1.29 is 22.3 Å². The number of amides is 1. The standard InChI is InChI=1S/C22H22FN3O4S2/c1-2-30-18-8-6-16(7-9-18)21-24-20(15-31-21)22(27)25-10-12-26(13-11-25)32(28,29)19-5-3-4-17(23)14-19/h3-9,14-15H,2,10-13H2,1H3. The average Bonchev–Trinajstić information content (AvgIpc) is 3.30. The first-order chi connectivity index (χ1) is 15.4. The Morgan fingerprint density at radius 2 is 1.84 bits per heavy atom. The van der Waals surface area contributed by atoms with Gasteiger partial charge in [-0.3, -0.25) is 4.79 Å². The van der Waals surface area contributed by atoms with Gasteiger partial charge in [0.2, 0.25) is 10.0 Å². The van der Waals surface area contributed by atoms with Crippen molar-refractivity contribution >= 4 is 27.3 Å². The zero-order chi connectivity index (χ0) is 22.7. The molecule has 1 fully saturated rings. The van der Waals surface area contributed by atoms with Gasteiger partial charge >= 0.3 is 0 Å². The maximum atomic E-state index is 13.5. The Labute approximate surface area is 190 Å². The van der Waals surface area contributed by atoms with Crippen LogP contribution in [-0.4, -0.2) is 61.3 Å². The van der Waals surface area contributed by atoms with E-state index in [0.717, 1.165) is 22.4 Å². The van der Waals surface area contributed by atoms with Crippen molar-refractivity contribution in [3.8, 4) is 16.3 Å². The van der Waals surface area contributed by atoms with E-state index in [0.29, 0.717) is 12.3 Å². The van der Waals surface area contributed by atoms with Gasteiger partial charge in [0.1, 0.15) is 22.3 Å². The molecule has 0 unspecified atom stereocenters. The first-order valence-corrected chi connectivity index (χ1v) is 12.4. The number of benzene rings is 2. The zero-order valence-electron chi connectivity index (χ0n) is 17.4. The first-order valence-electron chi connectivity index (χ1n) is 10.1. The monoisotopic (exact) mass is 475 g/mol. The highest BCUT2D eigenvalue weighted by Crippen LogP contribution is 2.27. The van der Waals surface area contributed by atoms with Gasteiger partial charge in [-0.25, -0.2) is 17.8 Å². The molecule has 1 aliphatic rings. The van der Waals surface area contributed by atoms with Gasteiger partial charge in [-0.15, -0.1) is 11.3 Å². The highest BCUT2D eigenvalue weighted by molar-refractivity contribution is 7.89. The molecular weight excluding hydrogens is 453 g/mol. The van der Waals surface area contributed by atoms with E-state index in [4.69, 9.17) is 4.74 Å². The van der Waals surface area contributed by atoms with Gasteiger partial charge in [0.05, 0.1) is 11.5 Å². The summed E-state index contributed by atoms with van der Waals surface area (Å²) in [5.74, 6) is -0.0665. The molecule has 1 aliphatic heterocycles. The van der Waals surface area contributed by atoms with Crippen molar-refractivity contribution in [2.75, 3.05) is 32.8 Å². The minimum atomic E-state index is -3.81. The second kappa shape index (κ2) is 9.35. The molecule has 2 aromatic carbocycles. The normalized spacial score (nSPS) is 15.0. The molecule has 0 saturated carbocycles. The molecule has 168 valence electrons. The number of rotatable bonds is 6. The molecule has 0 radical (unpaired) electrons. The minimum absolute atomic E-state index is 0.0863. The molecule has 32 heavy (non-hydrogen) atoms. The lowest BCUT2D eigenvalue weighted by atomic mass is 10.2. The molecule has 0 aliphatic carbocycles. The molecule has 2 heterocycles. The predicted octanol–water partition coefficient (Wildman–Crippen LogP) is 3.49. The van der Waals surface area contributed by atoms with Gasteiger partial charge in [0.25, 0.3) is 5.91 Å². The largest absolute Gasteiger partial charge is 0.494 e. The Balaban J connectivity index is 1.41. The fraction of sp³-hybridized carbons (Fsp3) is 0.273. The van der Waals surface area contributed by atoms with Gasteiger partial charge in [0, 0.05) is 37.1 Å². The number of carbonyl (C=O) groups is 1. The number of piperazine rings is 1. The number of ether oxygens (including phenoxy) is 1. The summed E-state index contributed by atoms with van der Waals surface area (Å²) in [5.41, 5.74) is 1.23. The molecule has 7 nitrogen and oxygen atoms in total. The van der Waals surface area contributed by atoms with Crippen molar-refractivity contribution in [3.05, 3.63) is 65.4 Å². The SMILES string of the molecule is CCOc1ccc(-c2nc(C(=O)N3CCN(S(=O)(=O)c4cccc(F)c4)CC3)cs2)cc1. The van der Waals surface area contributed by atoms with Crippen molar-refractivity contribution in [1.82, 2.24) is 14.2 Å². The highest BCUT2D eigenvalue weighted by atomic mass is 32.2. The van der Waals surface area contributed by atoms with Gasteiger partial charge in [-0.1, -0.05) is 6.07 Å². The summed E-state index contributed by atoms with van der Waals surface area (Å²) in [6, 6.07) is 12.5. The molecule has 1 saturated heterocycles. The summed E-state index contributed by atoms with van der Waals surface area (Å²) >= 11 is 1.38. The van der Waals surface area contributed by atoms with Crippen LogP contribution < -0.4 is 4.74 Å². The van der Waals surface area contributed by atoms with E-state index in [1.807, 2.05) is 31.2 Å². The molecule has 0 atom stereocenters. The van der Waals surface area contributed by atoms with E-state index in [1.54, 1.807) is 10.3 Å². The van der Waals surface area contributed by atoms with Crippen LogP contribution in [-0.2, 0) is 10.0 Å². The van der Waals surface area contributed by atoms with E-state index in [-0.39, 0.29) is 37.0 Å². The van der Waals surface area contributed by atoms with Gasteiger partial charge in [-0.05, 0) is 49.4 Å². The summed E-state index contributed by atoms with van der Waals surface area (Å²) in [4.78, 5) is 18.9. The fourth-order valence-electron chi connectivity index (χ4n) is 3.44. The predicted molar refractivity (Wildman–Crippen MR) is 120 cm³/mol. The van der Waals surface area contributed by atoms with Gasteiger partial charge in [0.15, 0.2) is 0 Å². The van der Waals surface area contributed by atoms with E-state index >= 15 is 0 Å². The molecule has 0 N–H and O–H groups in total. The van der Waals surface area contributed by atoms with E-state index in [9.17, 15) is 17.6 Å². The summed E-state index contributed by atoms with van der Waals surface area (Å²) in [6.45, 7) is 3.27. The van der Waals surface area contributed by atoms with Crippen molar-refractivity contribution in [2.24, 2.45) is 0 Å². The molecular formula is C22H22FN3O4S2. The van der Waals surface area contributed by atoms with E-state index in [1.165, 1.54) is 33.8 Å². The molecule has 1 amide bonds. The number of aromatic nitrogens is 1. The summed E-state index contributed by atoms with van der Waals surface area (Å²) in [6.07, 6.45) is 0. The smallest absolute Gasteiger partial charge is 0.273 e. The Kier molecular flexibility index (Phi) is 6.54. The Morgan fingerprint density at radius 3 is 2.50 bits per heavy atom. The minimum Gasteiger partial charge on any atom is -0.494 e. The fourth-order valence-corrected chi connectivity index (χ4v) is 5.69. The van der Waals surface area contributed by atoms with Crippen LogP contribution in [0.4, 0.5) is 4.39 Å². The Bertz CT molecular complexity index is 1200. The summed E-state index contributed by atoms with van der Waals surface area (Å²) < 4.78 is 45.7. The van der Waals surface area contributed by atoms with Crippen LogP contribution in [0.15, 0.2) is 58.8 Å². The Morgan fingerprint density at radius 1 is 1.12 bits per heavy atom. The highest BCUT2D eigenvalue weighted by Gasteiger charge is 2.31. The number of nitrogens with zero attached hydrogens (tertiary/aromatic N) is 3. The second-order valence-corrected chi connectivity index (χ2v) is 9.94. The number of carbonyl (C=O) groups excluding carboxylic acids is 1. The summed E-state index contributed by atoms with van der Waals surface area (Å²) in [5, 5.41) is 2.44. The van der Waals surface area contributed by atoms with Crippen LogP contribution in [0.25, 0.3) is 10.6 Å². The zero-order valence-corrected chi connectivity index (χ0v) is 19.0. The topological polar surface area (TPSA) is 79.8 Å².